The maximum absolute atomic E-state index is 11.5. The van der Waals surface area contributed by atoms with E-state index >= 15 is 0 Å². The van der Waals surface area contributed by atoms with E-state index in [1.165, 1.54) is 11.3 Å². The van der Waals surface area contributed by atoms with Crippen LogP contribution in [0.25, 0.3) is 0 Å². The number of imidazole rings is 1. The van der Waals surface area contributed by atoms with Gasteiger partial charge in [-0.25, -0.2) is 14.8 Å². The second kappa shape index (κ2) is 5.63. The largest absolute Gasteiger partial charge is 0.461 e. The third-order valence-corrected chi connectivity index (χ3v) is 3.20. The Hall–Kier alpha value is -1.89. The molecule has 2 aromatic heterocycles. The van der Waals surface area contributed by atoms with Crippen molar-refractivity contribution in [3.8, 4) is 0 Å². The lowest BCUT2D eigenvalue weighted by Gasteiger charge is -2.13. The molecule has 0 aromatic carbocycles. The molecule has 2 heterocycles. The Labute approximate surface area is 109 Å². The van der Waals surface area contributed by atoms with E-state index in [0.29, 0.717) is 18.8 Å². The first kappa shape index (κ1) is 12.6. The lowest BCUT2D eigenvalue weighted by atomic mass is 10.5. The van der Waals surface area contributed by atoms with E-state index < -0.39 is 0 Å². The molecule has 0 atom stereocenters. The van der Waals surface area contributed by atoms with Crippen LogP contribution in [-0.2, 0) is 11.3 Å². The van der Waals surface area contributed by atoms with Gasteiger partial charge in [0.25, 0.3) is 0 Å². The molecule has 0 radical (unpaired) electrons. The topological polar surface area (TPSA) is 71.1 Å². The van der Waals surface area contributed by atoms with Crippen LogP contribution in [0.5, 0.6) is 0 Å². The molecule has 0 spiro atoms. The van der Waals surface area contributed by atoms with E-state index in [1.54, 1.807) is 24.7 Å². The van der Waals surface area contributed by atoms with Crippen molar-refractivity contribution >= 4 is 22.4 Å². The fraction of sp³-hybridized carbons (Fsp3) is 0.364. The van der Waals surface area contributed by atoms with Crippen molar-refractivity contribution in [3.05, 3.63) is 29.3 Å². The van der Waals surface area contributed by atoms with Gasteiger partial charge in [-0.1, -0.05) is 0 Å². The van der Waals surface area contributed by atoms with Crippen LogP contribution >= 0.6 is 11.3 Å². The van der Waals surface area contributed by atoms with Crippen LogP contribution in [0.2, 0.25) is 0 Å². The highest BCUT2D eigenvalue weighted by molar-refractivity contribution is 7.13. The number of hydrogen-bond acceptors (Lipinski definition) is 6. The first-order valence-electron chi connectivity index (χ1n) is 5.52. The van der Waals surface area contributed by atoms with Crippen LogP contribution in [0, 0.1) is 0 Å². The summed E-state index contributed by atoms with van der Waals surface area (Å²) in [5, 5.41) is 2.46. The Morgan fingerprint density at radius 2 is 2.44 bits per heavy atom. The number of esters is 1. The summed E-state index contributed by atoms with van der Waals surface area (Å²) in [6, 6.07) is 0. The molecule has 0 unspecified atom stereocenters. The molecule has 2 rings (SSSR count). The molecule has 0 fully saturated rings. The van der Waals surface area contributed by atoms with Crippen molar-refractivity contribution in [3.63, 3.8) is 0 Å². The van der Waals surface area contributed by atoms with E-state index in [9.17, 15) is 4.79 Å². The number of aromatic nitrogens is 3. The molecule has 0 aliphatic rings. The van der Waals surface area contributed by atoms with E-state index in [2.05, 4.69) is 15.0 Å². The summed E-state index contributed by atoms with van der Waals surface area (Å²) in [5.74, 6) is 0.469. The fourth-order valence-corrected chi connectivity index (χ4v) is 2.18. The van der Waals surface area contributed by atoms with Gasteiger partial charge in [0.05, 0.1) is 13.2 Å². The average Bonchev–Trinajstić information content (AvgIpc) is 2.99. The van der Waals surface area contributed by atoms with Gasteiger partial charge in [0.15, 0.2) is 10.8 Å². The smallest absolute Gasteiger partial charge is 0.357 e. The minimum absolute atomic E-state index is 0.350. The van der Waals surface area contributed by atoms with Crippen LogP contribution in [0.3, 0.4) is 0 Å². The second-order valence-corrected chi connectivity index (χ2v) is 4.46. The Balaban J connectivity index is 2.03. The van der Waals surface area contributed by atoms with Gasteiger partial charge in [0, 0.05) is 24.8 Å². The monoisotopic (exact) mass is 266 g/mol. The van der Waals surface area contributed by atoms with Crippen molar-refractivity contribution in [2.45, 2.75) is 13.5 Å². The predicted octanol–water partition coefficient (Wildman–Crippen LogP) is 1.68. The number of thiazole rings is 1. The number of carbonyl (C=O) groups excluding carboxylic acids is 1. The molecule has 7 heteroatoms. The number of nitrogens with one attached hydrogen (secondary N) is 1. The van der Waals surface area contributed by atoms with Crippen LogP contribution in [0.1, 0.15) is 23.2 Å². The summed E-state index contributed by atoms with van der Waals surface area (Å²) < 4.78 is 4.90. The maximum Gasteiger partial charge on any atom is 0.357 e. The number of rotatable bonds is 5. The fourth-order valence-electron chi connectivity index (χ4n) is 1.42. The maximum atomic E-state index is 11.5. The molecule has 0 bridgehead atoms. The van der Waals surface area contributed by atoms with E-state index in [4.69, 9.17) is 4.74 Å². The molecule has 0 aliphatic carbocycles. The van der Waals surface area contributed by atoms with Gasteiger partial charge in [0.2, 0.25) is 0 Å². The minimum Gasteiger partial charge on any atom is -0.461 e. The van der Waals surface area contributed by atoms with Crippen LogP contribution in [0.15, 0.2) is 17.8 Å². The summed E-state index contributed by atoms with van der Waals surface area (Å²) in [7, 11) is 1.90. The summed E-state index contributed by atoms with van der Waals surface area (Å²) >= 11 is 1.41. The lowest BCUT2D eigenvalue weighted by Crippen LogP contribution is -2.17. The average molecular weight is 266 g/mol. The Morgan fingerprint density at radius 3 is 3.11 bits per heavy atom. The van der Waals surface area contributed by atoms with Gasteiger partial charge < -0.3 is 14.6 Å². The van der Waals surface area contributed by atoms with Crippen LogP contribution in [-0.4, -0.2) is 34.6 Å². The second-order valence-electron chi connectivity index (χ2n) is 3.63. The van der Waals surface area contributed by atoms with E-state index in [-0.39, 0.29) is 5.97 Å². The first-order valence-corrected chi connectivity index (χ1v) is 6.40. The molecule has 2 aromatic rings. The lowest BCUT2D eigenvalue weighted by molar-refractivity contribution is 0.0520. The SMILES string of the molecule is CCOC(=O)c1csc(N(C)Cc2ncc[nH]2)n1. The van der Waals surface area contributed by atoms with Crippen molar-refractivity contribution in [1.82, 2.24) is 15.0 Å². The third kappa shape index (κ3) is 2.86. The molecule has 1 N–H and O–H groups in total. The van der Waals surface area contributed by atoms with Gasteiger partial charge >= 0.3 is 5.97 Å². The molecule has 0 aliphatic heterocycles. The zero-order chi connectivity index (χ0) is 13.0. The van der Waals surface area contributed by atoms with Gasteiger partial charge in [-0.15, -0.1) is 11.3 Å². The number of nitrogens with zero attached hydrogens (tertiary/aromatic N) is 3. The summed E-state index contributed by atoms with van der Waals surface area (Å²) in [6.45, 7) is 2.74. The Morgan fingerprint density at radius 1 is 1.61 bits per heavy atom. The summed E-state index contributed by atoms with van der Waals surface area (Å²) in [5.41, 5.74) is 0.350. The third-order valence-electron chi connectivity index (χ3n) is 2.24. The van der Waals surface area contributed by atoms with Gasteiger partial charge in [0.1, 0.15) is 5.82 Å². The number of anilines is 1. The number of H-pyrrole nitrogens is 1. The Kier molecular flexibility index (Phi) is 3.93. The zero-order valence-corrected chi connectivity index (χ0v) is 11.0. The number of aromatic amines is 1. The van der Waals surface area contributed by atoms with Gasteiger partial charge in [-0.05, 0) is 6.92 Å². The number of hydrogen-bond donors (Lipinski definition) is 1. The molecule has 0 amide bonds. The first-order chi connectivity index (χ1) is 8.70. The van der Waals surface area contributed by atoms with Crippen LogP contribution < -0.4 is 4.90 Å². The quantitative estimate of drug-likeness (QED) is 0.834. The highest BCUT2D eigenvalue weighted by atomic mass is 32.1. The number of carbonyl (C=O) groups is 1. The van der Waals surface area contributed by atoms with E-state index in [0.717, 1.165) is 11.0 Å². The molecule has 6 nitrogen and oxygen atoms in total. The van der Waals surface area contributed by atoms with Crippen molar-refractivity contribution in [1.29, 1.82) is 0 Å². The minimum atomic E-state index is -0.383. The predicted molar refractivity (Wildman–Crippen MR) is 68.8 cm³/mol. The normalized spacial score (nSPS) is 10.3. The van der Waals surface area contributed by atoms with Crippen molar-refractivity contribution < 1.29 is 9.53 Å². The van der Waals surface area contributed by atoms with Crippen LogP contribution in [0.4, 0.5) is 5.13 Å². The highest BCUT2D eigenvalue weighted by Crippen LogP contribution is 2.20. The standard InChI is InChI=1S/C11H14N4O2S/c1-3-17-10(16)8-7-18-11(14-8)15(2)6-9-12-4-5-13-9/h4-5,7H,3,6H2,1-2H3,(H,12,13). The highest BCUT2D eigenvalue weighted by Gasteiger charge is 2.14. The molecular weight excluding hydrogens is 252 g/mol. The summed E-state index contributed by atoms with van der Waals surface area (Å²) in [6.07, 6.45) is 3.48. The molecule has 0 saturated carbocycles. The Bertz CT molecular complexity index is 509. The van der Waals surface area contributed by atoms with Crippen molar-refractivity contribution in [2.24, 2.45) is 0 Å². The van der Waals surface area contributed by atoms with E-state index in [1.807, 2.05) is 11.9 Å². The molecule has 0 saturated heterocycles. The molecular formula is C11H14N4O2S. The van der Waals surface area contributed by atoms with Crippen molar-refractivity contribution in [2.75, 3.05) is 18.6 Å². The zero-order valence-electron chi connectivity index (χ0n) is 10.2. The molecule has 96 valence electrons. The summed E-state index contributed by atoms with van der Waals surface area (Å²) in [4.78, 5) is 24.8. The van der Waals surface area contributed by atoms with Gasteiger partial charge in [-0.2, -0.15) is 0 Å². The number of ether oxygens (including phenoxy) is 1. The molecule has 18 heavy (non-hydrogen) atoms. The van der Waals surface area contributed by atoms with Gasteiger partial charge in [-0.3, -0.25) is 0 Å².